The molecule has 1 aliphatic heterocycles. The van der Waals surface area contributed by atoms with E-state index in [9.17, 15) is 4.79 Å². The lowest BCUT2D eigenvalue weighted by Crippen LogP contribution is -2.38. The second kappa shape index (κ2) is 10.4. The average molecular weight is 505 g/mol. The Balaban J connectivity index is 1.18. The summed E-state index contributed by atoms with van der Waals surface area (Å²) in [5.41, 5.74) is 6.46. The second-order valence-electron chi connectivity index (χ2n) is 11.6. The van der Waals surface area contributed by atoms with Gasteiger partial charge < -0.3 is 14.4 Å². The first kappa shape index (κ1) is 25.6. The number of carbonyl (C=O) groups excluding carboxylic acids is 1. The largest absolute Gasteiger partial charge is 0.465 e. The van der Waals surface area contributed by atoms with E-state index in [4.69, 9.17) is 14.5 Å². The molecule has 2 aliphatic rings. The molecule has 1 N–H and O–H groups in total. The molecule has 2 heterocycles. The fraction of sp³-hybridized carbons (Fsp3) is 0.533. The summed E-state index contributed by atoms with van der Waals surface area (Å²) in [4.78, 5) is 19.6. The standard InChI is InChI=1S/C30H40N4O3/c1-6-36-28-32-26-15-20(2)7-10-27(26)34(28)25-11-13-33(14-12-25)19-21-16-22-8-9-24(18-23(22)17-21)31-29(35)37-30(3,4)5/h7-10,15,18,21,25H,6,11-14,16-17,19H2,1-5H3,(H,31,35)/t21-/m1/s1. The highest BCUT2D eigenvalue weighted by molar-refractivity contribution is 5.85. The summed E-state index contributed by atoms with van der Waals surface area (Å²) < 4.78 is 13.7. The van der Waals surface area contributed by atoms with Gasteiger partial charge in [0.15, 0.2) is 0 Å². The van der Waals surface area contributed by atoms with Gasteiger partial charge in [-0.2, -0.15) is 4.98 Å². The number of hydrogen-bond acceptors (Lipinski definition) is 5. The molecule has 1 amide bonds. The lowest BCUT2D eigenvalue weighted by atomic mass is 10.0. The fourth-order valence-electron chi connectivity index (χ4n) is 5.83. The highest BCUT2D eigenvalue weighted by Gasteiger charge is 2.29. The van der Waals surface area contributed by atoms with E-state index in [2.05, 4.69) is 52.0 Å². The van der Waals surface area contributed by atoms with Crippen molar-refractivity contribution in [1.29, 1.82) is 0 Å². The summed E-state index contributed by atoms with van der Waals surface area (Å²) in [5, 5.41) is 2.88. The number of hydrogen-bond donors (Lipinski definition) is 1. The van der Waals surface area contributed by atoms with Crippen LogP contribution in [0.4, 0.5) is 10.5 Å². The minimum absolute atomic E-state index is 0.404. The number of carbonyl (C=O) groups is 1. The minimum Gasteiger partial charge on any atom is -0.465 e. The van der Waals surface area contributed by atoms with Gasteiger partial charge in [0, 0.05) is 31.4 Å². The Labute approximate surface area is 220 Å². The Hall–Kier alpha value is -3.06. The highest BCUT2D eigenvalue weighted by Crippen LogP contribution is 2.34. The van der Waals surface area contributed by atoms with Gasteiger partial charge in [-0.15, -0.1) is 0 Å². The summed E-state index contributed by atoms with van der Waals surface area (Å²) in [5.74, 6) is 0.611. The maximum Gasteiger partial charge on any atom is 0.412 e. The lowest BCUT2D eigenvalue weighted by Gasteiger charge is -2.34. The molecule has 2 aromatic carbocycles. The zero-order valence-corrected chi connectivity index (χ0v) is 22.8. The SMILES string of the molecule is CCOc1nc2cc(C)ccc2n1C1CCN(C[C@@H]2Cc3ccc(NC(=O)OC(C)(C)C)cc3C2)CC1. The first-order valence-corrected chi connectivity index (χ1v) is 13.6. The van der Waals surface area contributed by atoms with Crippen LogP contribution in [-0.2, 0) is 17.6 Å². The molecule has 7 heteroatoms. The molecule has 198 valence electrons. The Morgan fingerprint density at radius 1 is 1.08 bits per heavy atom. The number of nitrogens with one attached hydrogen (secondary N) is 1. The Morgan fingerprint density at radius 2 is 1.84 bits per heavy atom. The number of benzene rings is 2. The van der Waals surface area contributed by atoms with Crippen molar-refractivity contribution in [3.8, 4) is 6.01 Å². The maximum atomic E-state index is 12.2. The Bertz CT molecular complexity index is 1270. The van der Waals surface area contributed by atoms with Gasteiger partial charge in [0.2, 0.25) is 0 Å². The second-order valence-corrected chi connectivity index (χ2v) is 11.6. The van der Waals surface area contributed by atoms with E-state index in [1.165, 1.54) is 22.2 Å². The molecule has 1 aliphatic carbocycles. The van der Waals surface area contributed by atoms with Crippen molar-refractivity contribution in [2.45, 2.75) is 71.9 Å². The van der Waals surface area contributed by atoms with E-state index in [0.29, 0.717) is 18.6 Å². The number of ether oxygens (including phenoxy) is 2. The van der Waals surface area contributed by atoms with Gasteiger partial charge in [0.25, 0.3) is 6.01 Å². The number of nitrogens with zero attached hydrogens (tertiary/aromatic N) is 3. The summed E-state index contributed by atoms with van der Waals surface area (Å²) in [7, 11) is 0. The van der Waals surface area contributed by atoms with E-state index >= 15 is 0 Å². The van der Waals surface area contributed by atoms with Gasteiger partial charge in [-0.1, -0.05) is 12.1 Å². The summed E-state index contributed by atoms with van der Waals surface area (Å²) in [6.45, 7) is 13.7. The fourth-order valence-corrected chi connectivity index (χ4v) is 5.83. The van der Waals surface area contributed by atoms with Gasteiger partial charge in [-0.25, -0.2) is 4.79 Å². The third-order valence-electron chi connectivity index (χ3n) is 7.39. The normalized spacial score (nSPS) is 18.7. The molecule has 7 nitrogen and oxygen atoms in total. The molecular formula is C30H40N4O3. The van der Waals surface area contributed by atoms with Crippen LogP contribution >= 0.6 is 0 Å². The van der Waals surface area contributed by atoms with Crippen LogP contribution in [0.25, 0.3) is 11.0 Å². The van der Waals surface area contributed by atoms with Crippen molar-refractivity contribution in [3.63, 3.8) is 0 Å². The first-order chi connectivity index (χ1) is 17.7. The number of piperidine rings is 1. The molecule has 37 heavy (non-hydrogen) atoms. The van der Waals surface area contributed by atoms with Gasteiger partial charge >= 0.3 is 6.09 Å². The molecule has 3 aromatic rings. The Kier molecular flexibility index (Phi) is 7.17. The molecule has 0 unspecified atom stereocenters. The molecule has 1 saturated heterocycles. The zero-order chi connectivity index (χ0) is 26.2. The minimum atomic E-state index is -0.506. The topological polar surface area (TPSA) is 68.6 Å². The van der Waals surface area contributed by atoms with Crippen LogP contribution in [0.5, 0.6) is 6.01 Å². The van der Waals surface area contributed by atoms with Crippen LogP contribution in [-0.4, -0.2) is 52.4 Å². The summed E-state index contributed by atoms with van der Waals surface area (Å²) in [6, 6.07) is 13.9. The van der Waals surface area contributed by atoms with Crippen LogP contribution in [0.2, 0.25) is 0 Å². The van der Waals surface area contributed by atoms with Crippen molar-refractivity contribution in [2.24, 2.45) is 5.92 Å². The Morgan fingerprint density at radius 3 is 2.57 bits per heavy atom. The number of rotatable bonds is 6. The third kappa shape index (κ3) is 5.93. The summed E-state index contributed by atoms with van der Waals surface area (Å²) >= 11 is 0. The molecule has 0 bridgehead atoms. The molecule has 5 rings (SSSR count). The number of amides is 1. The van der Waals surface area contributed by atoms with Crippen molar-refractivity contribution in [1.82, 2.24) is 14.5 Å². The molecule has 0 radical (unpaired) electrons. The smallest absolute Gasteiger partial charge is 0.412 e. The number of anilines is 1. The zero-order valence-electron chi connectivity index (χ0n) is 22.8. The number of imidazole rings is 1. The van der Waals surface area contributed by atoms with E-state index in [1.807, 2.05) is 33.8 Å². The molecule has 1 atom stereocenters. The van der Waals surface area contributed by atoms with Gasteiger partial charge in [0.05, 0.1) is 17.6 Å². The van der Waals surface area contributed by atoms with Crippen LogP contribution in [0, 0.1) is 12.8 Å². The number of fused-ring (bicyclic) bond motifs is 2. The van der Waals surface area contributed by atoms with Gasteiger partial charge in [-0.05, 0) is 107 Å². The molecule has 1 fully saturated rings. The number of aryl methyl sites for hydroxylation is 1. The number of likely N-dealkylation sites (tertiary alicyclic amines) is 1. The predicted octanol–water partition coefficient (Wildman–Crippen LogP) is 6.14. The van der Waals surface area contributed by atoms with Crippen molar-refractivity contribution >= 4 is 22.8 Å². The summed E-state index contributed by atoms with van der Waals surface area (Å²) in [6.07, 6.45) is 3.95. The average Bonchev–Trinajstić information content (AvgIpc) is 3.38. The monoisotopic (exact) mass is 504 g/mol. The van der Waals surface area contributed by atoms with E-state index in [-0.39, 0.29) is 0 Å². The van der Waals surface area contributed by atoms with Crippen LogP contribution < -0.4 is 10.1 Å². The number of aromatic nitrogens is 2. The molecule has 0 spiro atoms. The predicted molar refractivity (Wildman–Crippen MR) is 148 cm³/mol. The van der Waals surface area contributed by atoms with E-state index in [1.54, 1.807) is 0 Å². The van der Waals surface area contributed by atoms with Crippen LogP contribution in [0.3, 0.4) is 0 Å². The van der Waals surface area contributed by atoms with E-state index < -0.39 is 11.7 Å². The quantitative estimate of drug-likeness (QED) is 0.437. The van der Waals surface area contributed by atoms with Crippen molar-refractivity contribution in [2.75, 3.05) is 31.6 Å². The first-order valence-electron chi connectivity index (χ1n) is 13.6. The van der Waals surface area contributed by atoms with Gasteiger partial charge in [0.1, 0.15) is 5.60 Å². The maximum absolute atomic E-state index is 12.2. The van der Waals surface area contributed by atoms with Crippen LogP contribution in [0.15, 0.2) is 36.4 Å². The molecule has 1 aromatic heterocycles. The third-order valence-corrected chi connectivity index (χ3v) is 7.39. The molecule has 0 saturated carbocycles. The van der Waals surface area contributed by atoms with Gasteiger partial charge in [-0.3, -0.25) is 9.88 Å². The van der Waals surface area contributed by atoms with Crippen molar-refractivity contribution in [3.05, 3.63) is 53.1 Å². The highest BCUT2D eigenvalue weighted by atomic mass is 16.6. The van der Waals surface area contributed by atoms with Crippen molar-refractivity contribution < 1.29 is 14.3 Å². The lowest BCUT2D eigenvalue weighted by molar-refractivity contribution is 0.0636. The van der Waals surface area contributed by atoms with E-state index in [0.717, 1.165) is 62.5 Å². The van der Waals surface area contributed by atoms with Crippen LogP contribution in [0.1, 0.15) is 63.3 Å². The molecular weight excluding hydrogens is 464 g/mol.